The fourth-order valence-corrected chi connectivity index (χ4v) is 1.70. The molecular weight excluding hydrogens is 226 g/mol. The minimum Gasteiger partial charge on any atom is -0.384 e. The van der Waals surface area contributed by atoms with Crippen LogP contribution in [0.2, 0.25) is 0 Å². The molecule has 88 valence electrons. The monoisotopic (exact) mass is 241 g/mol. The van der Waals surface area contributed by atoms with Gasteiger partial charge in [-0.25, -0.2) is 13.1 Å². The summed E-state index contributed by atoms with van der Waals surface area (Å²) in [6.45, 7) is 0.373. The van der Waals surface area contributed by atoms with Crippen molar-refractivity contribution >= 4 is 15.9 Å². The Morgan fingerprint density at radius 2 is 1.94 bits per heavy atom. The van der Waals surface area contributed by atoms with Crippen molar-refractivity contribution in [3.05, 3.63) is 35.4 Å². The van der Waals surface area contributed by atoms with E-state index in [1.165, 1.54) is 0 Å². The van der Waals surface area contributed by atoms with E-state index in [0.29, 0.717) is 18.5 Å². The van der Waals surface area contributed by atoms with Crippen LogP contribution in [0.5, 0.6) is 0 Å². The third-order valence-corrected chi connectivity index (χ3v) is 2.77. The van der Waals surface area contributed by atoms with Crippen molar-refractivity contribution in [1.82, 2.24) is 4.72 Å². The summed E-state index contributed by atoms with van der Waals surface area (Å²) in [5.41, 5.74) is 6.98. The SMILES string of the molecule is CS(=O)(=O)NCCc1ccc(C(=N)N)cc1. The number of amidine groups is 1. The highest BCUT2D eigenvalue weighted by atomic mass is 32.2. The molecule has 0 saturated carbocycles. The molecule has 0 radical (unpaired) electrons. The second-order valence-corrected chi connectivity index (χ2v) is 5.36. The fraction of sp³-hybridized carbons (Fsp3) is 0.300. The largest absolute Gasteiger partial charge is 0.384 e. The van der Waals surface area contributed by atoms with Crippen molar-refractivity contribution in [2.75, 3.05) is 12.8 Å². The normalized spacial score (nSPS) is 11.3. The summed E-state index contributed by atoms with van der Waals surface area (Å²) in [6, 6.07) is 7.16. The second kappa shape index (κ2) is 5.09. The summed E-state index contributed by atoms with van der Waals surface area (Å²) >= 11 is 0. The lowest BCUT2D eigenvalue weighted by Crippen LogP contribution is -2.24. The number of nitrogens with one attached hydrogen (secondary N) is 2. The average Bonchev–Trinajstić information content (AvgIpc) is 2.16. The Hall–Kier alpha value is -1.40. The van der Waals surface area contributed by atoms with Crippen molar-refractivity contribution in [3.8, 4) is 0 Å². The van der Waals surface area contributed by atoms with Crippen LogP contribution in [0.4, 0.5) is 0 Å². The van der Waals surface area contributed by atoms with E-state index in [9.17, 15) is 8.42 Å². The first-order valence-corrected chi connectivity index (χ1v) is 6.65. The van der Waals surface area contributed by atoms with Gasteiger partial charge in [0.1, 0.15) is 5.84 Å². The molecule has 0 spiro atoms. The van der Waals surface area contributed by atoms with Gasteiger partial charge in [0.25, 0.3) is 0 Å². The molecule has 0 heterocycles. The molecule has 16 heavy (non-hydrogen) atoms. The predicted molar refractivity (Wildman–Crippen MR) is 64.0 cm³/mol. The zero-order valence-electron chi connectivity index (χ0n) is 9.03. The molecule has 1 aromatic rings. The highest BCUT2D eigenvalue weighted by Crippen LogP contribution is 2.04. The standard InChI is InChI=1S/C10H15N3O2S/c1-16(14,15)13-7-6-8-2-4-9(5-3-8)10(11)12/h2-5,13H,6-7H2,1H3,(H3,11,12). The molecule has 0 atom stereocenters. The first-order chi connectivity index (χ1) is 7.38. The molecule has 0 unspecified atom stereocenters. The van der Waals surface area contributed by atoms with E-state index in [0.717, 1.165) is 11.8 Å². The van der Waals surface area contributed by atoms with E-state index in [1.807, 2.05) is 12.1 Å². The van der Waals surface area contributed by atoms with Crippen LogP contribution in [-0.2, 0) is 16.4 Å². The van der Waals surface area contributed by atoms with Gasteiger partial charge in [-0.15, -0.1) is 0 Å². The Morgan fingerprint density at radius 1 is 1.38 bits per heavy atom. The van der Waals surface area contributed by atoms with Gasteiger partial charge >= 0.3 is 0 Å². The topological polar surface area (TPSA) is 96.0 Å². The second-order valence-electron chi connectivity index (χ2n) is 3.53. The molecule has 0 bridgehead atoms. The summed E-state index contributed by atoms with van der Waals surface area (Å²) in [5.74, 6) is 0.0285. The van der Waals surface area contributed by atoms with Gasteiger partial charge in [0.05, 0.1) is 6.26 Å². The summed E-state index contributed by atoms with van der Waals surface area (Å²) in [7, 11) is -3.12. The molecule has 4 N–H and O–H groups in total. The van der Waals surface area contributed by atoms with Crippen molar-refractivity contribution in [1.29, 1.82) is 5.41 Å². The van der Waals surface area contributed by atoms with E-state index in [2.05, 4.69) is 4.72 Å². The maximum atomic E-state index is 10.8. The third kappa shape index (κ3) is 4.41. The molecule has 1 rings (SSSR count). The van der Waals surface area contributed by atoms with Crippen LogP contribution in [0.1, 0.15) is 11.1 Å². The van der Waals surface area contributed by atoms with E-state index in [4.69, 9.17) is 11.1 Å². The quantitative estimate of drug-likeness (QED) is 0.502. The van der Waals surface area contributed by atoms with Crippen LogP contribution in [0, 0.1) is 5.41 Å². The van der Waals surface area contributed by atoms with Crippen molar-refractivity contribution in [3.63, 3.8) is 0 Å². The minimum atomic E-state index is -3.12. The number of nitrogens with two attached hydrogens (primary N) is 1. The summed E-state index contributed by atoms with van der Waals surface area (Å²) in [4.78, 5) is 0. The van der Waals surface area contributed by atoms with Gasteiger partial charge in [0, 0.05) is 12.1 Å². The Kier molecular flexibility index (Phi) is 4.03. The number of sulfonamides is 1. The van der Waals surface area contributed by atoms with Gasteiger partial charge < -0.3 is 5.73 Å². The van der Waals surface area contributed by atoms with E-state index in [-0.39, 0.29) is 5.84 Å². The van der Waals surface area contributed by atoms with Crippen molar-refractivity contribution < 1.29 is 8.42 Å². The van der Waals surface area contributed by atoms with Crippen LogP contribution in [0.15, 0.2) is 24.3 Å². The van der Waals surface area contributed by atoms with Gasteiger partial charge in [0.2, 0.25) is 10.0 Å². The molecule has 0 aliphatic heterocycles. The van der Waals surface area contributed by atoms with Crippen LogP contribution >= 0.6 is 0 Å². The molecule has 0 fully saturated rings. The van der Waals surface area contributed by atoms with Gasteiger partial charge in [-0.05, 0) is 12.0 Å². The molecular formula is C10H15N3O2S. The maximum Gasteiger partial charge on any atom is 0.208 e. The smallest absolute Gasteiger partial charge is 0.208 e. The van der Waals surface area contributed by atoms with Gasteiger partial charge in [-0.2, -0.15) is 0 Å². The highest BCUT2D eigenvalue weighted by molar-refractivity contribution is 7.88. The van der Waals surface area contributed by atoms with E-state index >= 15 is 0 Å². The van der Waals surface area contributed by atoms with Gasteiger partial charge in [-0.1, -0.05) is 24.3 Å². The van der Waals surface area contributed by atoms with Crippen LogP contribution in [-0.4, -0.2) is 27.1 Å². The number of benzene rings is 1. The summed E-state index contributed by atoms with van der Waals surface area (Å²) in [5, 5.41) is 7.21. The number of hydrogen-bond acceptors (Lipinski definition) is 3. The maximum absolute atomic E-state index is 10.8. The first-order valence-electron chi connectivity index (χ1n) is 4.76. The van der Waals surface area contributed by atoms with Crippen LogP contribution in [0.25, 0.3) is 0 Å². The Bertz CT molecular complexity index is 465. The molecule has 5 nitrogen and oxygen atoms in total. The molecule has 0 aliphatic rings. The molecule has 6 heteroatoms. The first kappa shape index (κ1) is 12.7. The number of hydrogen-bond donors (Lipinski definition) is 3. The summed E-state index contributed by atoms with van der Waals surface area (Å²) in [6.07, 6.45) is 1.75. The zero-order chi connectivity index (χ0) is 12.2. The molecule has 0 aliphatic carbocycles. The number of nitrogen functional groups attached to an aromatic ring is 1. The summed E-state index contributed by atoms with van der Waals surface area (Å²) < 4.78 is 24.0. The molecule has 0 amide bonds. The average molecular weight is 241 g/mol. The Balaban J connectivity index is 2.53. The Labute approximate surface area is 95.2 Å². The third-order valence-electron chi connectivity index (χ3n) is 2.04. The lowest BCUT2D eigenvalue weighted by molar-refractivity contribution is 0.588. The number of rotatable bonds is 5. The van der Waals surface area contributed by atoms with Gasteiger partial charge in [-0.3, -0.25) is 5.41 Å². The fourth-order valence-electron chi connectivity index (χ4n) is 1.23. The van der Waals surface area contributed by atoms with Crippen LogP contribution in [0.3, 0.4) is 0 Å². The zero-order valence-corrected chi connectivity index (χ0v) is 9.84. The lowest BCUT2D eigenvalue weighted by Gasteiger charge is -2.04. The predicted octanol–water partition coefficient (Wildman–Crippen LogP) is 0.0624. The molecule has 0 saturated heterocycles. The minimum absolute atomic E-state index is 0.0285. The van der Waals surface area contributed by atoms with Crippen molar-refractivity contribution in [2.45, 2.75) is 6.42 Å². The van der Waals surface area contributed by atoms with Gasteiger partial charge in [0.15, 0.2) is 0 Å². The molecule has 1 aromatic carbocycles. The van der Waals surface area contributed by atoms with Crippen LogP contribution < -0.4 is 10.5 Å². The Morgan fingerprint density at radius 3 is 2.38 bits per heavy atom. The lowest BCUT2D eigenvalue weighted by atomic mass is 10.1. The molecule has 0 aromatic heterocycles. The van der Waals surface area contributed by atoms with E-state index in [1.54, 1.807) is 12.1 Å². The van der Waals surface area contributed by atoms with Crippen molar-refractivity contribution in [2.24, 2.45) is 5.73 Å². The van der Waals surface area contributed by atoms with E-state index < -0.39 is 10.0 Å². The highest BCUT2D eigenvalue weighted by Gasteiger charge is 2.00.